The monoisotopic (exact) mass is 471 g/mol. The molecule has 0 heterocycles. The summed E-state index contributed by atoms with van der Waals surface area (Å²) >= 11 is 0. The first kappa shape index (κ1) is 26.2. The van der Waals surface area contributed by atoms with Crippen LogP contribution in [0.2, 0.25) is 0 Å². The number of nitrogens with one attached hydrogen (secondary N) is 1. The predicted octanol–water partition coefficient (Wildman–Crippen LogP) is 2.10. The normalized spacial score (nSPS) is 11.5. The first-order chi connectivity index (χ1) is 16.3. The molecule has 0 saturated heterocycles. The van der Waals surface area contributed by atoms with E-state index in [4.69, 9.17) is 30.4 Å². The van der Waals surface area contributed by atoms with Gasteiger partial charge < -0.3 is 35.7 Å². The van der Waals surface area contributed by atoms with Crippen molar-refractivity contribution in [2.45, 2.75) is 18.9 Å². The highest BCUT2D eigenvalue weighted by Crippen LogP contribution is 2.24. The summed E-state index contributed by atoms with van der Waals surface area (Å²) in [6.45, 7) is -0.0467. The topological polar surface area (TPSA) is 152 Å². The second-order valence-electron chi connectivity index (χ2n) is 7.15. The smallest absolute Gasteiger partial charge is 0.497 e. The zero-order chi connectivity index (χ0) is 24.9. The molecule has 182 valence electrons. The number of nitrogens with two attached hydrogens (primary N) is 2. The molecule has 0 fully saturated rings. The molecule has 1 unspecified atom stereocenters. The molecule has 0 bridgehead atoms. The maximum atomic E-state index is 11.8. The average molecular weight is 472 g/mol. The van der Waals surface area contributed by atoms with Gasteiger partial charge in [0.25, 0.3) is 0 Å². The van der Waals surface area contributed by atoms with Crippen molar-refractivity contribution in [2.24, 2.45) is 11.5 Å². The van der Waals surface area contributed by atoms with Crippen molar-refractivity contribution in [3.8, 4) is 17.2 Å². The van der Waals surface area contributed by atoms with E-state index in [1.54, 1.807) is 44.6 Å². The van der Waals surface area contributed by atoms with Crippen LogP contribution in [0.5, 0.6) is 17.2 Å². The van der Waals surface area contributed by atoms with E-state index in [-0.39, 0.29) is 26.0 Å². The molecule has 2 aromatic rings. The van der Waals surface area contributed by atoms with Gasteiger partial charge in [0.1, 0.15) is 23.9 Å². The fraction of sp³-hybridized carbons (Fsp3) is 0.292. The van der Waals surface area contributed by atoms with Gasteiger partial charge in [0, 0.05) is 12.5 Å². The van der Waals surface area contributed by atoms with Gasteiger partial charge in [0.15, 0.2) is 0 Å². The van der Waals surface area contributed by atoms with E-state index >= 15 is 0 Å². The van der Waals surface area contributed by atoms with Crippen LogP contribution in [0.4, 0.5) is 4.79 Å². The van der Waals surface area contributed by atoms with Crippen LogP contribution < -0.4 is 31.0 Å². The van der Waals surface area contributed by atoms with E-state index in [0.717, 1.165) is 11.1 Å². The van der Waals surface area contributed by atoms with Gasteiger partial charge in [-0.3, -0.25) is 9.59 Å². The number of benzene rings is 2. The van der Waals surface area contributed by atoms with Crippen LogP contribution in [0, 0.1) is 0 Å². The summed E-state index contributed by atoms with van der Waals surface area (Å²) in [5, 5.41) is 2.50. The highest BCUT2D eigenvalue weighted by molar-refractivity contribution is 5.82. The zero-order valence-corrected chi connectivity index (χ0v) is 19.1. The summed E-state index contributed by atoms with van der Waals surface area (Å²) < 4.78 is 20.6. The van der Waals surface area contributed by atoms with Crippen LogP contribution in [0.3, 0.4) is 0 Å². The Hall–Kier alpha value is -4.05. The van der Waals surface area contributed by atoms with Crippen molar-refractivity contribution in [3.63, 3.8) is 0 Å². The molecule has 0 saturated carbocycles. The minimum Gasteiger partial charge on any atom is -0.497 e. The summed E-state index contributed by atoms with van der Waals surface area (Å²) in [6, 6.07) is 11.5. The van der Waals surface area contributed by atoms with Gasteiger partial charge in [-0.25, -0.2) is 4.79 Å². The molecule has 0 radical (unpaired) electrons. The van der Waals surface area contributed by atoms with Gasteiger partial charge in [-0.1, -0.05) is 24.3 Å². The molecule has 1 atom stereocenters. The van der Waals surface area contributed by atoms with Crippen LogP contribution in [-0.2, 0) is 14.3 Å². The third kappa shape index (κ3) is 9.21. The Labute approximate surface area is 197 Å². The van der Waals surface area contributed by atoms with Crippen LogP contribution >= 0.6 is 0 Å². The number of ether oxygens (including phenoxy) is 4. The van der Waals surface area contributed by atoms with Crippen molar-refractivity contribution in [1.82, 2.24) is 5.32 Å². The number of amides is 2. The molecule has 0 aliphatic heterocycles. The van der Waals surface area contributed by atoms with Gasteiger partial charge in [-0.05, 0) is 41.8 Å². The van der Waals surface area contributed by atoms with Crippen LogP contribution in [0.1, 0.15) is 24.0 Å². The Morgan fingerprint density at radius 1 is 0.941 bits per heavy atom. The number of rotatable bonds is 12. The lowest BCUT2D eigenvalue weighted by Gasteiger charge is -2.11. The van der Waals surface area contributed by atoms with Crippen molar-refractivity contribution in [1.29, 1.82) is 0 Å². The molecule has 5 N–H and O–H groups in total. The highest BCUT2D eigenvalue weighted by atomic mass is 16.7. The molecular formula is C24H29N3O7. The first-order valence-corrected chi connectivity index (χ1v) is 10.5. The molecule has 10 nitrogen and oxygen atoms in total. The maximum Gasteiger partial charge on any atom is 0.513 e. The number of carbonyl (C=O) groups excluding carboxylic acids is 3. The Kier molecular flexibility index (Phi) is 10.4. The number of primary amides is 1. The van der Waals surface area contributed by atoms with Gasteiger partial charge in [-0.15, -0.1) is 0 Å². The second-order valence-corrected chi connectivity index (χ2v) is 7.15. The average Bonchev–Trinajstić information content (AvgIpc) is 2.84. The van der Waals surface area contributed by atoms with Gasteiger partial charge in [-0.2, -0.15) is 0 Å². The number of hydrogen-bond donors (Lipinski definition) is 3. The van der Waals surface area contributed by atoms with Crippen molar-refractivity contribution < 1.29 is 33.3 Å². The van der Waals surface area contributed by atoms with E-state index in [2.05, 4.69) is 5.32 Å². The Balaban J connectivity index is 1.77. The molecule has 0 aliphatic carbocycles. The fourth-order valence-corrected chi connectivity index (χ4v) is 2.76. The molecule has 2 aromatic carbocycles. The Bertz CT molecular complexity index is 984. The minimum absolute atomic E-state index is 0.0156. The summed E-state index contributed by atoms with van der Waals surface area (Å²) in [6.07, 6.45) is 3.06. The standard InChI is InChI=1S/C24H29N3O7/c1-31-19-13-17(14-20(15-19)32-2)4-3-16-5-7-18(8-6-16)34-24(30)33-12-11-27-23(29)21(25)9-10-22(26)28/h3-8,13-15,21H,9-12,25H2,1-2H3,(H2,26,28)(H,27,29). The quantitative estimate of drug-likeness (QED) is 0.184. The summed E-state index contributed by atoms with van der Waals surface area (Å²) in [5.74, 6) is 0.686. The summed E-state index contributed by atoms with van der Waals surface area (Å²) in [7, 11) is 3.18. The molecular weight excluding hydrogens is 442 g/mol. The molecule has 2 amide bonds. The maximum absolute atomic E-state index is 11.8. The summed E-state index contributed by atoms with van der Waals surface area (Å²) in [5.41, 5.74) is 12.4. The zero-order valence-electron chi connectivity index (χ0n) is 19.1. The predicted molar refractivity (Wildman–Crippen MR) is 126 cm³/mol. The number of carbonyl (C=O) groups is 3. The van der Waals surface area contributed by atoms with Gasteiger partial charge >= 0.3 is 6.16 Å². The van der Waals surface area contributed by atoms with Crippen molar-refractivity contribution in [2.75, 3.05) is 27.4 Å². The molecule has 0 aromatic heterocycles. The molecule has 0 spiro atoms. The second kappa shape index (κ2) is 13.5. The van der Waals surface area contributed by atoms with E-state index in [0.29, 0.717) is 17.2 Å². The van der Waals surface area contributed by atoms with E-state index < -0.39 is 24.0 Å². The number of hydrogen-bond acceptors (Lipinski definition) is 8. The summed E-state index contributed by atoms with van der Waals surface area (Å²) in [4.78, 5) is 34.3. The van der Waals surface area contributed by atoms with Crippen LogP contribution in [0.15, 0.2) is 42.5 Å². The van der Waals surface area contributed by atoms with Crippen LogP contribution in [0.25, 0.3) is 12.2 Å². The fourth-order valence-electron chi connectivity index (χ4n) is 2.76. The van der Waals surface area contributed by atoms with Gasteiger partial charge in [0.05, 0.1) is 26.8 Å². The van der Waals surface area contributed by atoms with E-state index in [1.807, 2.05) is 24.3 Å². The third-order valence-corrected chi connectivity index (χ3v) is 4.58. The van der Waals surface area contributed by atoms with E-state index in [1.165, 1.54) is 0 Å². The molecule has 34 heavy (non-hydrogen) atoms. The van der Waals surface area contributed by atoms with Gasteiger partial charge in [0.2, 0.25) is 11.8 Å². The van der Waals surface area contributed by atoms with Crippen molar-refractivity contribution in [3.05, 3.63) is 53.6 Å². The third-order valence-electron chi connectivity index (χ3n) is 4.58. The SMILES string of the molecule is COc1cc(C=Cc2ccc(OC(=O)OCCNC(=O)C(N)CCC(N)=O)cc2)cc(OC)c1. The lowest BCUT2D eigenvalue weighted by atomic mass is 10.1. The molecule has 2 rings (SSSR count). The lowest BCUT2D eigenvalue weighted by molar-refractivity contribution is -0.123. The molecule has 10 heteroatoms. The largest absolute Gasteiger partial charge is 0.513 e. The Morgan fingerprint density at radius 2 is 1.56 bits per heavy atom. The Morgan fingerprint density at radius 3 is 2.15 bits per heavy atom. The highest BCUT2D eigenvalue weighted by Gasteiger charge is 2.14. The van der Waals surface area contributed by atoms with E-state index in [9.17, 15) is 14.4 Å². The van der Waals surface area contributed by atoms with Crippen molar-refractivity contribution >= 4 is 30.1 Å². The van der Waals surface area contributed by atoms with Crippen LogP contribution in [-0.4, -0.2) is 51.4 Å². The molecule has 0 aliphatic rings. The number of methoxy groups -OCH3 is 2. The lowest BCUT2D eigenvalue weighted by Crippen LogP contribution is -2.42. The minimum atomic E-state index is -0.904. The first-order valence-electron chi connectivity index (χ1n) is 10.5.